The van der Waals surface area contributed by atoms with Gasteiger partial charge in [0.1, 0.15) is 0 Å². The number of ether oxygens (including phenoxy) is 1. The monoisotopic (exact) mass is 221 g/mol. The van der Waals surface area contributed by atoms with Crippen LogP contribution in [0.25, 0.3) is 0 Å². The average molecular weight is 221 g/mol. The van der Waals surface area contributed by atoms with E-state index in [2.05, 4.69) is 10.1 Å². The molecule has 0 heterocycles. The highest BCUT2D eigenvalue weighted by molar-refractivity contribution is 5.67. The van der Waals surface area contributed by atoms with Gasteiger partial charge in [0.25, 0.3) is 5.97 Å². The number of aliphatic carboxylic acids is 1. The van der Waals surface area contributed by atoms with Crippen molar-refractivity contribution >= 4 is 12.1 Å². The van der Waals surface area contributed by atoms with Gasteiger partial charge in [-0.15, -0.1) is 0 Å². The first kappa shape index (κ1) is 16.1. The summed E-state index contributed by atoms with van der Waals surface area (Å²) >= 11 is 0. The molecule has 0 aromatic rings. The summed E-state index contributed by atoms with van der Waals surface area (Å²) in [6.07, 6.45) is 0.239. The van der Waals surface area contributed by atoms with Crippen molar-refractivity contribution in [2.75, 3.05) is 13.2 Å². The van der Waals surface area contributed by atoms with Gasteiger partial charge in [0.05, 0.1) is 19.3 Å². The summed E-state index contributed by atoms with van der Waals surface area (Å²) < 4.78 is 4.61. The lowest BCUT2D eigenvalue weighted by atomic mass is 10.2. The molecule has 15 heavy (non-hydrogen) atoms. The van der Waals surface area contributed by atoms with Crippen LogP contribution in [0.5, 0.6) is 0 Å². The van der Waals surface area contributed by atoms with Crippen LogP contribution in [0.2, 0.25) is 0 Å². The lowest BCUT2D eigenvalue weighted by Gasteiger charge is -2.12. The molecule has 90 valence electrons. The van der Waals surface area contributed by atoms with Crippen LogP contribution in [0.1, 0.15) is 27.2 Å². The number of carboxylic acid groups (broad SMARTS) is 1. The van der Waals surface area contributed by atoms with Crippen LogP contribution in [-0.4, -0.2) is 41.5 Å². The highest BCUT2D eigenvalue weighted by Gasteiger charge is 2.08. The largest absolute Gasteiger partial charge is 0.481 e. The van der Waals surface area contributed by atoms with Gasteiger partial charge in [-0.1, -0.05) is 6.92 Å². The van der Waals surface area contributed by atoms with E-state index >= 15 is 0 Å². The summed E-state index contributed by atoms with van der Waals surface area (Å²) in [6, 6.07) is -0.186. The maximum Gasteiger partial charge on any atom is 0.407 e. The molecule has 0 rings (SSSR count). The second kappa shape index (κ2) is 10.8. The number of aliphatic hydroxyl groups is 1. The van der Waals surface area contributed by atoms with Crippen molar-refractivity contribution in [1.29, 1.82) is 0 Å². The quantitative estimate of drug-likeness (QED) is 0.645. The number of rotatable bonds is 4. The van der Waals surface area contributed by atoms with Gasteiger partial charge in [0.2, 0.25) is 0 Å². The van der Waals surface area contributed by atoms with E-state index in [1.807, 2.05) is 6.92 Å². The zero-order valence-electron chi connectivity index (χ0n) is 9.32. The van der Waals surface area contributed by atoms with E-state index in [9.17, 15) is 4.79 Å². The van der Waals surface area contributed by atoms with Crippen molar-refractivity contribution in [2.24, 2.45) is 0 Å². The van der Waals surface area contributed by atoms with E-state index in [1.54, 1.807) is 6.92 Å². The van der Waals surface area contributed by atoms with Crippen molar-refractivity contribution < 1.29 is 24.5 Å². The molecule has 0 bridgehead atoms. The number of carbonyl (C=O) groups is 2. The molecular weight excluding hydrogens is 202 g/mol. The second-order valence-electron chi connectivity index (χ2n) is 2.67. The standard InChI is InChI=1S/C7H15NO3.C2H4O2/c1-3-6(5-9)8-7(10)11-4-2;1-2(3)4/h6,9H,3-5H2,1-2H3,(H,8,10);1H3,(H,3,4). The Morgan fingerprint density at radius 2 is 1.87 bits per heavy atom. The summed E-state index contributed by atoms with van der Waals surface area (Å²) in [5.74, 6) is -0.833. The van der Waals surface area contributed by atoms with E-state index in [4.69, 9.17) is 15.0 Å². The maximum absolute atomic E-state index is 10.7. The van der Waals surface area contributed by atoms with E-state index < -0.39 is 12.1 Å². The Bertz CT molecular complexity index is 175. The fourth-order valence-corrected chi connectivity index (χ4v) is 0.616. The smallest absolute Gasteiger partial charge is 0.407 e. The van der Waals surface area contributed by atoms with Gasteiger partial charge in [0.15, 0.2) is 0 Å². The normalized spacial score (nSPS) is 10.7. The Morgan fingerprint density at radius 1 is 1.40 bits per heavy atom. The molecule has 1 atom stereocenters. The minimum absolute atomic E-state index is 0.0463. The van der Waals surface area contributed by atoms with Gasteiger partial charge in [-0.2, -0.15) is 0 Å². The molecule has 0 fully saturated rings. The summed E-state index contributed by atoms with van der Waals surface area (Å²) in [7, 11) is 0. The fraction of sp³-hybridized carbons (Fsp3) is 0.778. The van der Waals surface area contributed by atoms with Crippen molar-refractivity contribution in [3.05, 3.63) is 0 Å². The molecule has 0 aromatic heterocycles. The van der Waals surface area contributed by atoms with Crippen LogP contribution in [0.3, 0.4) is 0 Å². The number of amides is 1. The average Bonchev–Trinajstić information content (AvgIpc) is 2.13. The zero-order valence-corrected chi connectivity index (χ0v) is 9.32. The Hall–Kier alpha value is -1.30. The molecule has 0 saturated heterocycles. The molecule has 3 N–H and O–H groups in total. The van der Waals surface area contributed by atoms with Gasteiger partial charge in [0, 0.05) is 6.92 Å². The molecule has 0 radical (unpaired) electrons. The van der Waals surface area contributed by atoms with Gasteiger partial charge in [-0.05, 0) is 13.3 Å². The zero-order chi connectivity index (χ0) is 12.3. The lowest BCUT2D eigenvalue weighted by molar-refractivity contribution is -0.134. The van der Waals surface area contributed by atoms with Crippen molar-refractivity contribution in [3.63, 3.8) is 0 Å². The number of carbonyl (C=O) groups excluding carboxylic acids is 1. The van der Waals surface area contributed by atoms with Gasteiger partial charge in [-0.3, -0.25) is 4.79 Å². The van der Waals surface area contributed by atoms with Crippen LogP contribution in [-0.2, 0) is 9.53 Å². The van der Waals surface area contributed by atoms with Crippen LogP contribution in [0.4, 0.5) is 4.79 Å². The molecule has 1 amide bonds. The van der Waals surface area contributed by atoms with Gasteiger partial charge >= 0.3 is 6.09 Å². The summed E-state index contributed by atoms with van der Waals surface area (Å²) in [5, 5.41) is 18.6. The van der Waals surface area contributed by atoms with Crippen molar-refractivity contribution in [2.45, 2.75) is 33.2 Å². The van der Waals surface area contributed by atoms with Crippen LogP contribution in [0, 0.1) is 0 Å². The third kappa shape index (κ3) is 15.5. The predicted molar refractivity (Wildman–Crippen MR) is 54.6 cm³/mol. The number of aliphatic hydroxyl groups excluding tert-OH is 1. The number of hydrogen-bond acceptors (Lipinski definition) is 4. The minimum Gasteiger partial charge on any atom is -0.481 e. The van der Waals surface area contributed by atoms with Crippen molar-refractivity contribution in [1.82, 2.24) is 5.32 Å². The number of alkyl carbamates (subject to hydrolysis) is 1. The molecular formula is C9H19NO5. The fourth-order valence-electron chi connectivity index (χ4n) is 0.616. The third-order valence-electron chi connectivity index (χ3n) is 1.31. The van der Waals surface area contributed by atoms with E-state index in [0.29, 0.717) is 13.0 Å². The Kier molecular flexibility index (Phi) is 11.6. The maximum atomic E-state index is 10.7. The van der Waals surface area contributed by atoms with Crippen LogP contribution in [0.15, 0.2) is 0 Å². The molecule has 0 spiro atoms. The minimum atomic E-state index is -0.833. The molecule has 0 aliphatic heterocycles. The molecule has 1 unspecified atom stereocenters. The molecule has 0 saturated carbocycles. The first-order valence-corrected chi connectivity index (χ1v) is 4.71. The number of hydrogen-bond donors (Lipinski definition) is 3. The van der Waals surface area contributed by atoms with E-state index in [0.717, 1.165) is 6.92 Å². The number of carboxylic acids is 1. The summed E-state index contributed by atoms with van der Waals surface area (Å²) in [6.45, 7) is 5.01. The SMILES string of the molecule is CC(=O)O.CCOC(=O)NC(CC)CO. The first-order chi connectivity index (χ1) is 6.97. The molecule has 0 aromatic carbocycles. The van der Waals surface area contributed by atoms with E-state index in [-0.39, 0.29) is 12.6 Å². The Balaban J connectivity index is 0. The van der Waals surface area contributed by atoms with Crippen LogP contribution < -0.4 is 5.32 Å². The molecule has 6 nitrogen and oxygen atoms in total. The Morgan fingerprint density at radius 3 is 2.13 bits per heavy atom. The van der Waals surface area contributed by atoms with Crippen molar-refractivity contribution in [3.8, 4) is 0 Å². The van der Waals surface area contributed by atoms with Gasteiger partial charge in [-0.25, -0.2) is 4.79 Å². The lowest BCUT2D eigenvalue weighted by Crippen LogP contribution is -2.37. The molecule has 6 heteroatoms. The highest BCUT2D eigenvalue weighted by Crippen LogP contribution is 1.89. The Labute approximate surface area is 89.2 Å². The van der Waals surface area contributed by atoms with E-state index in [1.165, 1.54) is 0 Å². The van der Waals surface area contributed by atoms with Crippen LogP contribution >= 0.6 is 0 Å². The highest BCUT2D eigenvalue weighted by atomic mass is 16.5. The van der Waals surface area contributed by atoms with Gasteiger partial charge < -0.3 is 20.3 Å². The third-order valence-corrected chi connectivity index (χ3v) is 1.31. The first-order valence-electron chi connectivity index (χ1n) is 4.71. The predicted octanol–water partition coefficient (Wildman–Crippen LogP) is 0.594. The summed E-state index contributed by atoms with van der Waals surface area (Å²) in [5.41, 5.74) is 0. The summed E-state index contributed by atoms with van der Waals surface area (Å²) in [4.78, 5) is 19.7. The topological polar surface area (TPSA) is 95.9 Å². The number of nitrogens with one attached hydrogen (secondary N) is 1. The molecule has 0 aliphatic rings. The molecule has 0 aliphatic carbocycles. The second-order valence-corrected chi connectivity index (χ2v) is 2.67.